The van der Waals surface area contributed by atoms with Crippen molar-refractivity contribution in [3.63, 3.8) is 0 Å². The molecular weight excluding hydrogens is 362 g/mol. The third-order valence-corrected chi connectivity index (χ3v) is 4.72. The molecule has 0 radical (unpaired) electrons. The van der Waals surface area contributed by atoms with E-state index < -0.39 is 0 Å². The van der Waals surface area contributed by atoms with Crippen molar-refractivity contribution in [1.29, 1.82) is 0 Å². The van der Waals surface area contributed by atoms with Gasteiger partial charge >= 0.3 is 0 Å². The predicted molar refractivity (Wildman–Crippen MR) is 109 cm³/mol. The van der Waals surface area contributed by atoms with E-state index >= 15 is 0 Å². The van der Waals surface area contributed by atoms with E-state index in [1.807, 2.05) is 30.5 Å². The Morgan fingerprint density at radius 1 is 1.33 bits per heavy atom. The zero-order valence-corrected chi connectivity index (χ0v) is 17.1. The van der Waals surface area contributed by atoms with Gasteiger partial charge in [0.1, 0.15) is 5.75 Å². The van der Waals surface area contributed by atoms with Gasteiger partial charge in [0.25, 0.3) is 5.91 Å². The molecule has 1 aromatic carbocycles. The first-order valence-electron chi connectivity index (χ1n) is 8.75. The Kier molecular flexibility index (Phi) is 8.06. The molecule has 1 aromatic heterocycles. The van der Waals surface area contributed by atoms with E-state index in [2.05, 4.69) is 27.5 Å². The number of thiazole rings is 1. The molecule has 2 aromatic rings. The zero-order valence-electron chi connectivity index (χ0n) is 16.3. The first-order chi connectivity index (χ1) is 13.0. The highest BCUT2D eigenvalue weighted by atomic mass is 32.1. The van der Waals surface area contributed by atoms with Gasteiger partial charge in [0.05, 0.1) is 5.01 Å². The fourth-order valence-corrected chi connectivity index (χ4v) is 3.02. The number of hydrogen-bond donors (Lipinski definition) is 2. The molecule has 0 aliphatic heterocycles. The van der Waals surface area contributed by atoms with Gasteiger partial charge in [-0.05, 0) is 24.6 Å². The lowest BCUT2D eigenvalue weighted by molar-refractivity contribution is -0.130. The number of aliphatic imine (C=N–C) groups is 1. The third-order valence-electron chi connectivity index (χ3n) is 3.74. The summed E-state index contributed by atoms with van der Waals surface area (Å²) in [5.41, 5.74) is 1.04. The van der Waals surface area contributed by atoms with E-state index in [9.17, 15) is 4.79 Å². The van der Waals surface area contributed by atoms with Crippen molar-refractivity contribution < 1.29 is 9.53 Å². The van der Waals surface area contributed by atoms with Crippen LogP contribution in [0.4, 0.5) is 0 Å². The van der Waals surface area contributed by atoms with Crippen molar-refractivity contribution in [1.82, 2.24) is 20.5 Å². The van der Waals surface area contributed by atoms with Gasteiger partial charge in [-0.2, -0.15) is 0 Å². The van der Waals surface area contributed by atoms with Crippen LogP contribution in [0.1, 0.15) is 15.4 Å². The van der Waals surface area contributed by atoms with Crippen molar-refractivity contribution in [3.8, 4) is 5.75 Å². The Hall–Kier alpha value is -2.61. The van der Waals surface area contributed by atoms with Crippen molar-refractivity contribution in [3.05, 3.63) is 45.9 Å². The average Bonchev–Trinajstić information content (AvgIpc) is 3.07. The molecule has 2 N–H and O–H groups in total. The predicted octanol–water partition coefficient (Wildman–Crippen LogP) is 1.83. The largest absolute Gasteiger partial charge is 0.484 e. The lowest BCUT2D eigenvalue weighted by Gasteiger charge is -2.13. The van der Waals surface area contributed by atoms with Crippen LogP contribution in [0.25, 0.3) is 0 Å². The fraction of sp³-hybridized carbons (Fsp3) is 0.421. The summed E-state index contributed by atoms with van der Waals surface area (Å²) in [6.45, 7) is 3.46. The molecule has 7 nitrogen and oxygen atoms in total. The Bertz CT molecular complexity index is 773. The van der Waals surface area contributed by atoms with Gasteiger partial charge < -0.3 is 20.3 Å². The van der Waals surface area contributed by atoms with Crippen LogP contribution in [0.15, 0.2) is 35.5 Å². The molecular formula is C19H27N5O2S. The van der Waals surface area contributed by atoms with Gasteiger partial charge in [-0.1, -0.05) is 12.1 Å². The summed E-state index contributed by atoms with van der Waals surface area (Å²) in [6, 6.07) is 7.67. The number of carbonyl (C=O) groups excluding carboxylic acids is 1. The Labute approximate surface area is 164 Å². The molecule has 0 saturated carbocycles. The van der Waals surface area contributed by atoms with Crippen LogP contribution in [0.2, 0.25) is 0 Å². The Morgan fingerprint density at radius 2 is 2.15 bits per heavy atom. The number of likely N-dealkylation sites (N-methyl/N-ethyl adjacent to an activating group) is 1. The minimum Gasteiger partial charge on any atom is -0.484 e. The van der Waals surface area contributed by atoms with Gasteiger partial charge in [-0.3, -0.25) is 9.79 Å². The molecule has 1 amide bonds. The second-order valence-corrected chi connectivity index (χ2v) is 7.51. The van der Waals surface area contributed by atoms with E-state index in [0.29, 0.717) is 12.3 Å². The summed E-state index contributed by atoms with van der Waals surface area (Å²) in [5.74, 6) is 1.34. The van der Waals surface area contributed by atoms with Gasteiger partial charge in [-0.25, -0.2) is 4.98 Å². The summed E-state index contributed by atoms with van der Waals surface area (Å²) in [5, 5.41) is 7.69. The highest BCUT2D eigenvalue weighted by molar-refractivity contribution is 7.11. The number of hydrogen-bond acceptors (Lipinski definition) is 5. The minimum atomic E-state index is -0.0708. The average molecular weight is 390 g/mol. The van der Waals surface area contributed by atoms with Crippen molar-refractivity contribution >= 4 is 23.2 Å². The van der Waals surface area contributed by atoms with Crippen LogP contribution in [0.3, 0.4) is 0 Å². The van der Waals surface area contributed by atoms with Gasteiger partial charge in [0, 0.05) is 51.7 Å². The summed E-state index contributed by atoms with van der Waals surface area (Å²) in [4.78, 5) is 22.9. The Morgan fingerprint density at radius 3 is 2.81 bits per heavy atom. The highest BCUT2D eigenvalue weighted by Crippen LogP contribution is 2.13. The molecule has 0 bridgehead atoms. The summed E-state index contributed by atoms with van der Waals surface area (Å²) in [6.07, 6.45) is 2.76. The monoisotopic (exact) mass is 389 g/mol. The lowest BCUT2D eigenvalue weighted by atomic mass is 10.2. The highest BCUT2D eigenvalue weighted by Gasteiger charge is 2.06. The third kappa shape index (κ3) is 7.26. The maximum absolute atomic E-state index is 11.6. The molecule has 0 aliphatic carbocycles. The minimum absolute atomic E-state index is 0.0311. The van der Waals surface area contributed by atoms with Crippen molar-refractivity contribution in [2.24, 2.45) is 4.99 Å². The topological polar surface area (TPSA) is 78.9 Å². The molecule has 146 valence electrons. The Balaban J connectivity index is 1.78. The number of aryl methyl sites for hydroxylation is 1. The quantitative estimate of drug-likeness (QED) is 0.532. The molecule has 0 fully saturated rings. The first-order valence-corrected chi connectivity index (χ1v) is 9.57. The van der Waals surface area contributed by atoms with E-state index in [0.717, 1.165) is 29.5 Å². The van der Waals surface area contributed by atoms with Gasteiger partial charge in [0.15, 0.2) is 12.6 Å². The molecule has 27 heavy (non-hydrogen) atoms. The van der Waals surface area contributed by atoms with Crippen LogP contribution in [-0.2, 0) is 17.8 Å². The number of guanidine groups is 1. The summed E-state index contributed by atoms with van der Waals surface area (Å²) >= 11 is 1.71. The molecule has 1 heterocycles. The number of nitrogens with zero attached hydrogens (tertiary/aromatic N) is 3. The van der Waals surface area contributed by atoms with E-state index in [4.69, 9.17) is 4.74 Å². The molecule has 0 spiro atoms. The number of aromatic nitrogens is 1. The van der Waals surface area contributed by atoms with E-state index in [-0.39, 0.29) is 12.5 Å². The SMILES string of the molecule is CN=C(NCCc1ncc(C)s1)NCc1cccc(OCC(=O)N(C)C)c1. The number of nitrogens with one attached hydrogen (secondary N) is 2. The second-order valence-electron chi connectivity index (χ2n) is 6.19. The van der Waals surface area contributed by atoms with Crippen LogP contribution in [-0.4, -0.2) is 56.0 Å². The molecule has 2 rings (SSSR count). The fourth-order valence-electron chi connectivity index (χ4n) is 2.23. The van der Waals surface area contributed by atoms with Crippen molar-refractivity contribution in [2.45, 2.75) is 19.9 Å². The zero-order chi connectivity index (χ0) is 19.6. The van der Waals surface area contributed by atoms with Gasteiger partial charge in [0.2, 0.25) is 0 Å². The van der Waals surface area contributed by atoms with Crippen LogP contribution in [0, 0.1) is 6.92 Å². The molecule has 0 saturated heterocycles. The number of benzene rings is 1. The number of carbonyl (C=O) groups is 1. The molecule has 0 aliphatic rings. The standard InChI is InChI=1S/C19H27N5O2S/c1-14-11-22-17(27-14)8-9-21-19(20-2)23-12-15-6-5-7-16(10-15)26-13-18(25)24(3)4/h5-7,10-11H,8-9,12-13H2,1-4H3,(H2,20,21,23). The smallest absolute Gasteiger partial charge is 0.259 e. The van der Waals surface area contributed by atoms with E-state index in [1.165, 1.54) is 9.78 Å². The lowest BCUT2D eigenvalue weighted by Crippen LogP contribution is -2.37. The van der Waals surface area contributed by atoms with Crippen LogP contribution >= 0.6 is 11.3 Å². The normalized spacial score (nSPS) is 11.2. The number of rotatable bonds is 8. The maximum atomic E-state index is 11.6. The second kappa shape index (κ2) is 10.5. The van der Waals surface area contributed by atoms with E-state index in [1.54, 1.807) is 32.5 Å². The molecule has 0 atom stereocenters. The molecule has 8 heteroatoms. The first kappa shape index (κ1) is 20.7. The maximum Gasteiger partial charge on any atom is 0.259 e. The number of amides is 1. The summed E-state index contributed by atoms with van der Waals surface area (Å²) in [7, 11) is 5.16. The van der Waals surface area contributed by atoms with Gasteiger partial charge in [-0.15, -0.1) is 11.3 Å². The molecule has 0 unspecified atom stereocenters. The number of ether oxygens (including phenoxy) is 1. The van der Waals surface area contributed by atoms with Crippen molar-refractivity contribution in [2.75, 3.05) is 34.3 Å². The van der Waals surface area contributed by atoms with Crippen LogP contribution < -0.4 is 15.4 Å². The van der Waals surface area contributed by atoms with Crippen LogP contribution in [0.5, 0.6) is 5.75 Å². The summed E-state index contributed by atoms with van der Waals surface area (Å²) < 4.78 is 5.55.